The molecule has 0 atom stereocenters. The fourth-order valence-electron chi connectivity index (χ4n) is 1.36. The molecule has 0 amide bonds. The van der Waals surface area contributed by atoms with Crippen molar-refractivity contribution >= 4 is 11.4 Å². The minimum atomic E-state index is -0.321. The van der Waals surface area contributed by atoms with Crippen LogP contribution in [0, 0.1) is 5.82 Å². The van der Waals surface area contributed by atoms with Gasteiger partial charge >= 0.3 is 0 Å². The third-order valence-corrected chi connectivity index (χ3v) is 2.15. The maximum absolute atomic E-state index is 12.7. The summed E-state index contributed by atoms with van der Waals surface area (Å²) in [6.07, 6.45) is 1.85. The summed E-state index contributed by atoms with van der Waals surface area (Å²) < 4.78 is 12.7. The maximum atomic E-state index is 12.7. The van der Waals surface area contributed by atoms with Gasteiger partial charge in [-0.1, -0.05) is 0 Å². The molecule has 4 N–H and O–H groups in total. The number of anilines is 2. The van der Waals surface area contributed by atoms with E-state index in [0.717, 1.165) is 11.4 Å². The van der Waals surface area contributed by atoms with Crippen molar-refractivity contribution in [2.24, 2.45) is 0 Å². The number of aromatic nitrogens is 1. The third-order valence-electron chi connectivity index (χ3n) is 2.15. The van der Waals surface area contributed by atoms with Crippen LogP contribution < -0.4 is 11.1 Å². The molecule has 3 nitrogen and oxygen atoms in total. The molecule has 0 unspecified atom stereocenters. The first-order valence-corrected chi connectivity index (χ1v) is 4.67. The molecule has 0 aliphatic rings. The molecule has 4 heteroatoms. The van der Waals surface area contributed by atoms with Crippen LogP contribution in [0.3, 0.4) is 0 Å². The van der Waals surface area contributed by atoms with Crippen molar-refractivity contribution < 1.29 is 4.39 Å². The van der Waals surface area contributed by atoms with Gasteiger partial charge in [-0.3, -0.25) is 0 Å². The second-order valence-electron chi connectivity index (χ2n) is 3.28. The van der Waals surface area contributed by atoms with Crippen LogP contribution in [0.5, 0.6) is 0 Å². The van der Waals surface area contributed by atoms with Gasteiger partial charge in [0, 0.05) is 11.9 Å². The lowest BCUT2D eigenvalue weighted by Crippen LogP contribution is -2.02. The summed E-state index contributed by atoms with van der Waals surface area (Å²) in [6, 6.07) is 8.20. The Balaban J connectivity index is 2.05. The van der Waals surface area contributed by atoms with E-state index in [1.165, 1.54) is 12.1 Å². The molecule has 0 fully saturated rings. The van der Waals surface area contributed by atoms with Gasteiger partial charge in [-0.15, -0.1) is 0 Å². The summed E-state index contributed by atoms with van der Waals surface area (Å²) in [5.41, 5.74) is 7.86. The monoisotopic (exact) mass is 205 g/mol. The van der Waals surface area contributed by atoms with E-state index in [1.807, 2.05) is 18.3 Å². The zero-order valence-electron chi connectivity index (χ0n) is 8.13. The molecule has 0 aliphatic carbocycles. The zero-order valence-corrected chi connectivity index (χ0v) is 8.13. The molecule has 0 spiro atoms. The molecule has 1 heterocycles. The first-order chi connectivity index (χ1) is 7.25. The highest BCUT2D eigenvalue weighted by molar-refractivity contribution is 5.65. The molecule has 0 saturated heterocycles. The molecule has 0 aliphatic heterocycles. The Morgan fingerprint density at radius 2 is 2.20 bits per heavy atom. The van der Waals surface area contributed by atoms with E-state index in [4.69, 9.17) is 5.73 Å². The summed E-state index contributed by atoms with van der Waals surface area (Å²) in [5.74, 6) is -0.321. The fraction of sp³-hybridized carbons (Fsp3) is 0.0909. The van der Waals surface area contributed by atoms with Crippen molar-refractivity contribution in [1.82, 2.24) is 4.98 Å². The van der Waals surface area contributed by atoms with E-state index >= 15 is 0 Å². The quantitative estimate of drug-likeness (QED) is 0.674. The molecule has 0 saturated carbocycles. The second kappa shape index (κ2) is 4.04. The minimum Gasteiger partial charge on any atom is -0.397 e. The SMILES string of the molecule is Nc1cc(F)ccc1NCc1ccc[nH]1. The molecule has 0 bridgehead atoms. The van der Waals surface area contributed by atoms with Crippen molar-refractivity contribution in [3.63, 3.8) is 0 Å². The summed E-state index contributed by atoms with van der Waals surface area (Å²) >= 11 is 0. The second-order valence-corrected chi connectivity index (χ2v) is 3.28. The van der Waals surface area contributed by atoms with Gasteiger partial charge in [0.1, 0.15) is 5.82 Å². The van der Waals surface area contributed by atoms with Crippen LogP contribution in [0.1, 0.15) is 5.69 Å². The predicted molar refractivity (Wildman–Crippen MR) is 58.9 cm³/mol. The normalized spacial score (nSPS) is 10.2. The lowest BCUT2D eigenvalue weighted by atomic mass is 10.2. The molecule has 15 heavy (non-hydrogen) atoms. The number of nitrogens with one attached hydrogen (secondary N) is 2. The van der Waals surface area contributed by atoms with Crippen LogP contribution in [0.25, 0.3) is 0 Å². The Morgan fingerprint density at radius 3 is 2.87 bits per heavy atom. The lowest BCUT2D eigenvalue weighted by Gasteiger charge is -2.07. The van der Waals surface area contributed by atoms with E-state index < -0.39 is 0 Å². The van der Waals surface area contributed by atoms with E-state index in [2.05, 4.69) is 10.3 Å². The van der Waals surface area contributed by atoms with Crippen molar-refractivity contribution in [3.05, 3.63) is 48.0 Å². The van der Waals surface area contributed by atoms with E-state index in [-0.39, 0.29) is 5.82 Å². The summed E-state index contributed by atoms with van der Waals surface area (Å²) in [7, 11) is 0. The number of rotatable bonds is 3. The van der Waals surface area contributed by atoms with Crippen molar-refractivity contribution in [3.8, 4) is 0 Å². The van der Waals surface area contributed by atoms with Gasteiger partial charge in [0.2, 0.25) is 0 Å². The Labute approximate surface area is 87.1 Å². The molecule has 1 aromatic heterocycles. The molecule has 0 radical (unpaired) electrons. The maximum Gasteiger partial charge on any atom is 0.125 e. The highest BCUT2D eigenvalue weighted by Crippen LogP contribution is 2.19. The summed E-state index contributed by atoms with van der Waals surface area (Å²) in [5, 5.41) is 3.12. The van der Waals surface area contributed by atoms with Gasteiger partial charge in [-0.05, 0) is 30.3 Å². The van der Waals surface area contributed by atoms with Crippen molar-refractivity contribution in [2.75, 3.05) is 11.1 Å². The van der Waals surface area contributed by atoms with Gasteiger partial charge < -0.3 is 16.0 Å². The number of nitrogen functional groups attached to an aromatic ring is 1. The largest absolute Gasteiger partial charge is 0.397 e. The van der Waals surface area contributed by atoms with Gasteiger partial charge in [0.05, 0.1) is 17.9 Å². The van der Waals surface area contributed by atoms with E-state index in [1.54, 1.807) is 6.07 Å². The van der Waals surface area contributed by atoms with Crippen LogP contribution in [-0.2, 0) is 6.54 Å². The van der Waals surface area contributed by atoms with Crippen LogP contribution in [0.4, 0.5) is 15.8 Å². The third kappa shape index (κ3) is 2.28. The number of nitrogens with two attached hydrogens (primary N) is 1. The lowest BCUT2D eigenvalue weighted by molar-refractivity contribution is 0.628. The molecule has 78 valence electrons. The Bertz CT molecular complexity index is 437. The average molecular weight is 205 g/mol. The average Bonchev–Trinajstić information content (AvgIpc) is 2.69. The van der Waals surface area contributed by atoms with Crippen molar-refractivity contribution in [1.29, 1.82) is 0 Å². The van der Waals surface area contributed by atoms with Gasteiger partial charge in [0.25, 0.3) is 0 Å². The fourth-order valence-corrected chi connectivity index (χ4v) is 1.36. The van der Waals surface area contributed by atoms with Gasteiger partial charge in [-0.2, -0.15) is 0 Å². The first kappa shape index (κ1) is 9.58. The molecular weight excluding hydrogens is 193 g/mol. The highest BCUT2D eigenvalue weighted by atomic mass is 19.1. The van der Waals surface area contributed by atoms with E-state index in [9.17, 15) is 4.39 Å². The number of halogens is 1. The predicted octanol–water partition coefficient (Wildman–Crippen LogP) is 2.35. The Hall–Kier alpha value is -1.97. The molecule has 2 aromatic rings. The Kier molecular flexibility index (Phi) is 2.58. The van der Waals surface area contributed by atoms with Crippen LogP contribution in [0.2, 0.25) is 0 Å². The number of hydrogen-bond acceptors (Lipinski definition) is 2. The highest BCUT2D eigenvalue weighted by Gasteiger charge is 2.00. The molecule has 2 rings (SSSR count). The zero-order chi connectivity index (χ0) is 10.7. The van der Waals surface area contributed by atoms with Crippen LogP contribution in [-0.4, -0.2) is 4.98 Å². The number of hydrogen-bond donors (Lipinski definition) is 3. The smallest absolute Gasteiger partial charge is 0.125 e. The molecular formula is C11H12FN3. The minimum absolute atomic E-state index is 0.321. The number of aromatic amines is 1. The van der Waals surface area contributed by atoms with Crippen LogP contribution in [0.15, 0.2) is 36.5 Å². The standard InChI is InChI=1S/C11H12FN3/c12-8-3-4-11(10(13)6-8)15-7-9-2-1-5-14-9/h1-6,14-15H,7,13H2. The van der Waals surface area contributed by atoms with Crippen molar-refractivity contribution in [2.45, 2.75) is 6.54 Å². The topological polar surface area (TPSA) is 53.8 Å². The number of H-pyrrole nitrogens is 1. The van der Waals surface area contributed by atoms with Gasteiger partial charge in [0.15, 0.2) is 0 Å². The van der Waals surface area contributed by atoms with Gasteiger partial charge in [-0.25, -0.2) is 4.39 Å². The van der Waals surface area contributed by atoms with E-state index in [0.29, 0.717) is 12.2 Å². The number of benzene rings is 1. The summed E-state index contributed by atoms with van der Waals surface area (Å²) in [4.78, 5) is 3.06. The first-order valence-electron chi connectivity index (χ1n) is 4.67. The van der Waals surface area contributed by atoms with Crippen LogP contribution >= 0.6 is 0 Å². The Morgan fingerprint density at radius 1 is 1.33 bits per heavy atom. The summed E-state index contributed by atoms with van der Waals surface area (Å²) in [6.45, 7) is 0.642. The molecule has 1 aromatic carbocycles.